The minimum atomic E-state index is 0.263. The second kappa shape index (κ2) is 7.72. The lowest BCUT2D eigenvalue weighted by Crippen LogP contribution is -2.42. The van der Waals surface area contributed by atoms with Gasteiger partial charge in [0.2, 0.25) is 0 Å². The van der Waals surface area contributed by atoms with E-state index in [2.05, 4.69) is 58.5 Å². The van der Waals surface area contributed by atoms with E-state index < -0.39 is 0 Å². The molecule has 1 saturated carbocycles. The lowest BCUT2D eigenvalue weighted by Gasteiger charge is -2.34. The summed E-state index contributed by atoms with van der Waals surface area (Å²) in [6.45, 7) is 5.21. The zero-order valence-corrected chi connectivity index (χ0v) is 17.6. The van der Waals surface area contributed by atoms with E-state index in [0.717, 1.165) is 50.0 Å². The maximum absolute atomic E-state index is 13.4. The Morgan fingerprint density at radius 1 is 1.14 bits per heavy atom. The fourth-order valence-electron chi connectivity index (χ4n) is 4.82. The minimum Gasteiger partial charge on any atom is -0.312 e. The molecule has 1 atom stereocenters. The van der Waals surface area contributed by atoms with Gasteiger partial charge < -0.3 is 4.57 Å². The first-order chi connectivity index (χ1) is 13.7. The fraction of sp³-hybridized carbons (Fsp3) is 0.542. The minimum absolute atomic E-state index is 0.263. The molecule has 3 nitrogen and oxygen atoms in total. The van der Waals surface area contributed by atoms with Crippen LogP contribution in [0.3, 0.4) is 0 Å². The molecule has 1 aromatic heterocycles. The quantitative estimate of drug-likeness (QED) is 0.766. The van der Waals surface area contributed by atoms with Crippen molar-refractivity contribution in [1.82, 2.24) is 9.47 Å². The number of aromatic nitrogens is 1. The average molecular weight is 395 g/mol. The van der Waals surface area contributed by atoms with Crippen molar-refractivity contribution < 1.29 is 0 Å². The van der Waals surface area contributed by atoms with Crippen LogP contribution in [0.5, 0.6) is 0 Å². The Hall–Kier alpha value is -1.52. The summed E-state index contributed by atoms with van der Waals surface area (Å²) in [6, 6.07) is 11.5. The zero-order valence-electron chi connectivity index (χ0n) is 16.8. The van der Waals surface area contributed by atoms with Crippen LogP contribution < -0.4 is 5.56 Å². The van der Waals surface area contributed by atoms with E-state index in [1.54, 1.807) is 0 Å². The topological polar surface area (TPSA) is 25.2 Å². The summed E-state index contributed by atoms with van der Waals surface area (Å²) in [7, 11) is 0. The van der Waals surface area contributed by atoms with Crippen LogP contribution in [0.25, 0.3) is 0 Å². The highest BCUT2D eigenvalue weighted by atomic mass is 32.2. The molecular weight excluding hydrogens is 364 g/mol. The van der Waals surface area contributed by atoms with E-state index >= 15 is 0 Å². The molecule has 2 aromatic rings. The normalized spacial score (nSPS) is 22.4. The van der Waals surface area contributed by atoms with Crippen molar-refractivity contribution >= 4 is 11.8 Å². The van der Waals surface area contributed by atoms with Gasteiger partial charge in [0.25, 0.3) is 5.56 Å². The third kappa shape index (κ3) is 3.69. The van der Waals surface area contributed by atoms with Crippen LogP contribution in [0, 0.1) is 12.8 Å². The molecule has 0 radical (unpaired) electrons. The van der Waals surface area contributed by atoms with E-state index in [0.29, 0.717) is 0 Å². The van der Waals surface area contributed by atoms with Crippen LogP contribution in [0.2, 0.25) is 0 Å². The Morgan fingerprint density at radius 3 is 2.75 bits per heavy atom. The first kappa shape index (κ1) is 18.5. The van der Waals surface area contributed by atoms with Gasteiger partial charge in [-0.15, -0.1) is 0 Å². The Balaban J connectivity index is 1.51. The molecule has 1 aromatic carbocycles. The van der Waals surface area contributed by atoms with Crippen LogP contribution in [-0.2, 0) is 25.9 Å². The van der Waals surface area contributed by atoms with Gasteiger partial charge in [0.15, 0.2) is 0 Å². The smallest absolute Gasteiger partial charge is 0.254 e. The molecule has 1 unspecified atom stereocenters. The standard InChI is InChI=1S/C24H30N2OS/c1-17-4-2-3-5-19(17)12-20-13-21-15-25(22-9-11-28-16-22)10-8-23(21)26(24(20)27)14-18-6-7-18/h2-5,13,18,22H,6-12,14-16H2,1H3. The first-order valence-corrected chi connectivity index (χ1v) is 12.0. The molecule has 0 bridgehead atoms. The van der Waals surface area contributed by atoms with Crippen LogP contribution >= 0.6 is 11.8 Å². The van der Waals surface area contributed by atoms with Gasteiger partial charge in [0.1, 0.15) is 0 Å². The number of fused-ring (bicyclic) bond motifs is 1. The molecular formula is C24H30N2OS. The zero-order chi connectivity index (χ0) is 19.1. The lowest BCUT2D eigenvalue weighted by atomic mass is 9.96. The second-order valence-corrected chi connectivity index (χ2v) is 9.99. The lowest BCUT2D eigenvalue weighted by molar-refractivity contribution is 0.190. The Kier molecular flexibility index (Phi) is 5.10. The van der Waals surface area contributed by atoms with Crippen molar-refractivity contribution in [1.29, 1.82) is 0 Å². The number of hydrogen-bond acceptors (Lipinski definition) is 3. The molecule has 148 valence electrons. The molecule has 2 aliphatic heterocycles. The van der Waals surface area contributed by atoms with E-state index in [1.165, 1.54) is 53.2 Å². The van der Waals surface area contributed by atoms with Gasteiger partial charge in [-0.1, -0.05) is 24.3 Å². The van der Waals surface area contributed by atoms with E-state index in [1.807, 2.05) is 0 Å². The number of nitrogens with zero attached hydrogens (tertiary/aromatic N) is 2. The van der Waals surface area contributed by atoms with Crippen LogP contribution in [0.1, 0.15) is 47.2 Å². The maximum atomic E-state index is 13.4. The molecule has 1 aliphatic carbocycles. The van der Waals surface area contributed by atoms with E-state index in [4.69, 9.17) is 0 Å². The molecule has 2 fully saturated rings. The highest BCUT2D eigenvalue weighted by molar-refractivity contribution is 7.99. The third-order valence-electron chi connectivity index (χ3n) is 6.78. The summed E-state index contributed by atoms with van der Waals surface area (Å²) in [4.78, 5) is 16.1. The van der Waals surface area contributed by atoms with Gasteiger partial charge in [-0.05, 0) is 60.6 Å². The predicted molar refractivity (Wildman–Crippen MR) is 117 cm³/mol. The molecule has 0 spiro atoms. The number of benzene rings is 1. The van der Waals surface area contributed by atoms with E-state index in [-0.39, 0.29) is 5.56 Å². The summed E-state index contributed by atoms with van der Waals surface area (Å²) in [5, 5.41) is 0. The molecule has 1 saturated heterocycles. The Morgan fingerprint density at radius 2 is 2.00 bits per heavy atom. The predicted octanol–water partition coefficient (Wildman–Crippen LogP) is 4.02. The SMILES string of the molecule is Cc1ccccc1Cc1cc2c(n(CC3CC3)c1=O)CCN(C1CCSC1)C2. The summed E-state index contributed by atoms with van der Waals surface area (Å²) in [5.74, 6) is 3.29. The van der Waals surface area contributed by atoms with Crippen molar-refractivity contribution in [2.75, 3.05) is 18.1 Å². The number of hydrogen-bond donors (Lipinski definition) is 0. The highest BCUT2D eigenvalue weighted by Crippen LogP contribution is 2.33. The van der Waals surface area contributed by atoms with Gasteiger partial charge in [-0.25, -0.2) is 0 Å². The number of thioether (sulfide) groups is 1. The van der Waals surface area contributed by atoms with Crippen LogP contribution in [0.15, 0.2) is 35.1 Å². The van der Waals surface area contributed by atoms with E-state index in [9.17, 15) is 4.79 Å². The van der Waals surface area contributed by atoms with Crippen molar-refractivity contribution in [2.24, 2.45) is 5.92 Å². The number of rotatable bonds is 5. The molecule has 0 amide bonds. The molecule has 4 heteroatoms. The molecule has 3 heterocycles. The Labute approximate surface area is 172 Å². The highest BCUT2D eigenvalue weighted by Gasteiger charge is 2.30. The van der Waals surface area contributed by atoms with Crippen molar-refractivity contribution in [3.05, 3.63) is 68.6 Å². The maximum Gasteiger partial charge on any atom is 0.254 e. The van der Waals surface area contributed by atoms with Gasteiger partial charge in [0.05, 0.1) is 0 Å². The van der Waals surface area contributed by atoms with Crippen molar-refractivity contribution in [2.45, 2.75) is 58.2 Å². The van der Waals surface area contributed by atoms with Crippen LogP contribution in [-0.4, -0.2) is 33.6 Å². The monoisotopic (exact) mass is 394 g/mol. The van der Waals surface area contributed by atoms with Gasteiger partial charge >= 0.3 is 0 Å². The number of pyridine rings is 1. The van der Waals surface area contributed by atoms with Crippen molar-refractivity contribution in [3.8, 4) is 0 Å². The molecule has 5 rings (SSSR count). The van der Waals surface area contributed by atoms with Crippen LogP contribution in [0.4, 0.5) is 0 Å². The fourth-order valence-corrected chi connectivity index (χ4v) is 6.07. The van der Waals surface area contributed by atoms with Gasteiger partial charge in [-0.2, -0.15) is 11.8 Å². The molecule has 0 N–H and O–H groups in total. The summed E-state index contributed by atoms with van der Waals surface area (Å²) < 4.78 is 2.17. The Bertz CT molecular complexity index is 925. The summed E-state index contributed by atoms with van der Waals surface area (Å²) in [5.41, 5.74) is 6.53. The third-order valence-corrected chi connectivity index (χ3v) is 7.92. The second-order valence-electron chi connectivity index (χ2n) is 8.84. The van der Waals surface area contributed by atoms with Gasteiger partial charge in [-0.3, -0.25) is 9.69 Å². The summed E-state index contributed by atoms with van der Waals surface area (Å²) in [6.07, 6.45) is 5.67. The van der Waals surface area contributed by atoms with Crippen molar-refractivity contribution in [3.63, 3.8) is 0 Å². The average Bonchev–Trinajstić information content (AvgIpc) is 3.35. The first-order valence-electron chi connectivity index (χ1n) is 10.8. The number of aryl methyl sites for hydroxylation is 1. The van der Waals surface area contributed by atoms with Gasteiger partial charge in [0, 0.05) is 55.5 Å². The largest absolute Gasteiger partial charge is 0.312 e. The summed E-state index contributed by atoms with van der Waals surface area (Å²) >= 11 is 2.09. The molecule has 3 aliphatic rings. The molecule has 28 heavy (non-hydrogen) atoms.